The summed E-state index contributed by atoms with van der Waals surface area (Å²) < 4.78 is 0. The Morgan fingerprint density at radius 3 is 2.30 bits per heavy atom. The Morgan fingerprint density at radius 1 is 0.967 bits per heavy atom. The van der Waals surface area contributed by atoms with Gasteiger partial charge in [-0.25, -0.2) is 4.98 Å². The van der Waals surface area contributed by atoms with Gasteiger partial charge in [0.05, 0.1) is 5.69 Å². The van der Waals surface area contributed by atoms with E-state index in [9.17, 15) is 4.79 Å². The summed E-state index contributed by atoms with van der Waals surface area (Å²) >= 11 is 0. The molecule has 6 heteroatoms. The molecule has 0 saturated carbocycles. The molecule has 1 aromatic heterocycles. The summed E-state index contributed by atoms with van der Waals surface area (Å²) in [6.07, 6.45) is 5.03. The molecular formula is C24H33N5O. The standard InChI is InChI=1S/C24H33N5O/c1-24(2,3)19-5-7-20(8-6-19)29-12-9-18(23(29)30)17-21-22(26-11-10-25-21)28-15-13-27(4)14-16-28/h5-8,10-11,18H,9,12-17H2,1-4H3. The smallest absolute Gasteiger partial charge is 0.230 e. The van der Waals surface area contributed by atoms with Crippen LogP contribution in [0.5, 0.6) is 0 Å². The van der Waals surface area contributed by atoms with Crippen LogP contribution in [-0.4, -0.2) is 60.5 Å². The number of piperazine rings is 1. The minimum atomic E-state index is -0.0322. The van der Waals surface area contributed by atoms with Gasteiger partial charge >= 0.3 is 0 Å². The molecule has 0 bridgehead atoms. The largest absolute Gasteiger partial charge is 0.353 e. The van der Waals surface area contributed by atoms with Gasteiger partial charge in [-0.2, -0.15) is 0 Å². The third kappa shape index (κ3) is 4.33. The number of carbonyl (C=O) groups excluding carboxylic acids is 1. The highest BCUT2D eigenvalue weighted by Crippen LogP contribution is 2.31. The molecule has 0 spiro atoms. The number of carbonyl (C=O) groups is 1. The SMILES string of the molecule is CN1CCN(c2nccnc2CC2CCN(c3ccc(C(C)(C)C)cc3)C2=O)CC1. The average molecular weight is 408 g/mol. The van der Waals surface area contributed by atoms with E-state index in [-0.39, 0.29) is 17.2 Å². The van der Waals surface area contributed by atoms with Gasteiger partial charge in [0.15, 0.2) is 0 Å². The third-order valence-corrected chi connectivity index (χ3v) is 6.36. The minimum absolute atomic E-state index is 0.0322. The number of likely N-dealkylation sites (N-methyl/N-ethyl adjacent to an activating group) is 1. The van der Waals surface area contributed by atoms with Crippen molar-refractivity contribution in [2.45, 2.75) is 39.0 Å². The Labute approximate surface area is 179 Å². The van der Waals surface area contributed by atoms with Crippen molar-refractivity contribution < 1.29 is 4.79 Å². The van der Waals surface area contributed by atoms with Crippen LogP contribution in [0.15, 0.2) is 36.7 Å². The molecule has 2 aliphatic heterocycles. The van der Waals surface area contributed by atoms with Gasteiger partial charge < -0.3 is 14.7 Å². The predicted octanol–water partition coefficient (Wildman–Crippen LogP) is 3.12. The monoisotopic (exact) mass is 407 g/mol. The Bertz CT molecular complexity index is 881. The van der Waals surface area contributed by atoms with Crippen molar-refractivity contribution in [3.05, 3.63) is 47.9 Å². The van der Waals surface area contributed by atoms with Gasteiger partial charge in [-0.05, 0) is 36.6 Å². The molecule has 1 atom stereocenters. The predicted molar refractivity (Wildman–Crippen MR) is 121 cm³/mol. The van der Waals surface area contributed by atoms with Gasteiger partial charge in [-0.1, -0.05) is 32.9 Å². The first-order valence-electron chi connectivity index (χ1n) is 11.0. The van der Waals surface area contributed by atoms with Gasteiger partial charge in [0.1, 0.15) is 5.82 Å². The van der Waals surface area contributed by atoms with E-state index < -0.39 is 0 Å². The van der Waals surface area contributed by atoms with Crippen molar-refractivity contribution >= 4 is 17.4 Å². The molecule has 1 amide bonds. The Balaban J connectivity index is 1.46. The van der Waals surface area contributed by atoms with Gasteiger partial charge in [-0.15, -0.1) is 0 Å². The third-order valence-electron chi connectivity index (χ3n) is 6.36. The quantitative estimate of drug-likeness (QED) is 0.779. The molecule has 0 radical (unpaired) electrons. The average Bonchev–Trinajstić information content (AvgIpc) is 3.09. The fraction of sp³-hybridized carbons (Fsp3) is 0.542. The highest BCUT2D eigenvalue weighted by Gasteiger charge is 2.34. The summed E-state index contributed by atoms with van der Waals surface area (Å²) in [4.78, 5) is 29.0. The summed E-state index contributed by atoms with van der Waals surface area (Å²) in [7, 11) is 2.15. The van der Waals surface area contributed by atoms with E-state index in [4.69, 9.17) is 0 Å². The maximum Gasteiger partial charge on any atom is 0.230 e. The van der Waals surface area contributed by atoms with Crippen LogP contribution in [0.4, 0.5) is 11.5 Å². The van der Waals surface area contributed by atoms with E-state index in [0.717, 1.165) is 56.3 Å². The number of aromatic nitrogens is 2. The molecule has 0 aliphatic carbocycles. The summed E-state index contributed by atoms with van der Waals surface area (Å²) in [5.41, 5.74) is 3.34. The van der Waals surface area contributed by atoms with Crippen LogP contribution in [-0.2, 0) is 16.6 Å². The van der Waals surface area contributed by atoms with E-state index in [1.807, 2.05) is 4.90 Å². The second-order valence-corrected chi connectivity index (χ2v) is 9.59. The maximum absolute atomic E-state index is 13.2. The lowest BCUT2D eigenvalue weighted by molar-refractivity contribution is -0.120. The molecule has 0 N–H and O–H groups in total. The van der Waals surface area contributed by atoms with Crippen LogP contribution in [0.25, 0.3) is 0 Å². The summed E-state index contributed by atoms with van der Waals surface area (Å²) in [6, 6.07) is 8.45. The molecule has 6 nitrogen and oxygen atoms in total. The Morgan fingerprint density at radius 2 is 1.63 bits per heavy atom. The number of hydrogen-bond acceptors (Lipinski definition) is 5. The van der Waals surface area contributed by atoms with E-state index in [1.165, 1.54) is 5.56 Å². The van der Waals surface area contributed by atoms with E-state index in [1.54, 1.807) is 12.4 Å². The normalized spacial score (nSPS) is 20.8. The fourth-order valence-corrected chi connectivity index (χ4v) is 4.35. The lowest BCUT2D eigenvalue weighted by Crippen LogP contribution is -2.45. The molecule has 30 heavy (non-hydrogen) atoms. The van der Waals surface area contributed by atoms with E-state index in [2.05, 4.69) is 71.9 Å². The summed E-state index contributed by atoms with van der Waals surface area (Å²) in [6.45, 7) is 11.3. The summed E-state index contributed by atoms with van der Waals surface area (Å²) in [5, 5.41) is 0. The first-order valence-corrected chi connectivity index (χ1v) is 11.0. The topological polar surface area (TPSA) is 52.6 Å². The van der Waals surface area contributed by atoms with E-state index >= 15 is 0 Å². The second kappa shape index (κ2) is 8.34. The van der Waals surface area contributed by atoms with Gasteiger partial charge in [0, 0.05) is 63.1 Å². The van der Waals surface area contributed by atoms with Crippen molar-refractivity contribution in [3.8, 4) is 0 Å². The van der Waals surface area contributed by atoms with Crippen LogP contribution in [0, 0.1) is 5.92 Å². The highest BCUT2D eigenvalue weighted by molar-refractivity contribution is 5.97. The van der Waals surface area contributed by atoms with Gasteiger partial charge in [0.25, 0.3) is 0 Å². The molecular weight excluding hydrogens is 374 g/mol. The molecule has 160 valence electrons. The van der Waals surface area contributed by atoms with Crippen LogP contribution in [0.3, 0.4) is 0 Å². The molecule has 1 aromatic carbocycles. The van der Waals surface area contributed by atoms with Crippen LogP contribution < -0.4 is 9.80 Å². The van der Waals surface area contributed by atoms with Crippen molar-refractivity contribution in [3.63, 3.8) is 0 Å². The highest BCUT2D eigenvalue weighted by atomic mass is 16.2. The molecule has 3 heterocycles. The Kier molecular flexibility index (Phi) is 5.78. The molecule has 2 fully saturated rings. The maximum atomic E-state index is 13.2. The second-order valence-electron chi connectivity index (χ2n) is 9.59. The lowest BCUT2D eigenvalue weighted by Gasteiger charge is -2.34. The first-order chi connectivity index (χ1) is 14.3. The number of rotatable bonds is 4. The molecule has 2 saturated heterocycles. The number of benzene rings is 1. The molecule has 1 unspecified atom stereocenters. The van der Waals surface area contributed by atoms with Crippen LogP contribution in [0.1, 0.15) is 38.4 Å². The van der Waals surface area contributed by atoms with Crippen molar-refractivity contribution in [1.29, 1.82) is 0 Å². The first kappa shape index (κ1) is 20.8. The number of anilines is 2. The molecule has 2 aromatic rings. The van der Waals surface area contributed by atoms with Crippen molar-refractivity contribution in [2.75, 3.05) is 49.6 Å². The number of nitrogens with zero attached hydrogens (tertiary/aromatic N) is 5. The minimum Gasteiger partial charge on any atom is -0.353 e. The van der Waals surface area contributed by atoms with Gasteiger partial charge in [-0.3, -0.25) is 9.78 Å². The zero-order valence-electron chi connectivity index (χ0n) is 18.6. The van der Waals surface area contributed by atoms with Crippen LogP contribution in [0.2, 0.25) is 0 Å². The zero-order chi connectivity index (χ0) is 21.3. The molecule has 2 aliphatic rings. The Hall–Kier alpha value is -2.47. The number of hydrogen-bond donors (Lipinski definition) is 0. The van der Waals surface area contributed by atoms with Crippen molar-refractivity contribution in [1.82, 2.24) is 14.9 Å². The van der Waals surface area contributed by atoms with Crippen LogP contribution >= 0.6 is 0 Å². The van der Waals surface area contributed by atoms with Gasteiger partial charge in [0.2, 0.25) is 5.91 Å². The zero-order valence-corrected chi connectivity index (χ0v) is 18.6. The number of amides is 1. The molecule has 4 rings (SSSR count). The summed E-state index contributed by atoms with van der Waals surface area (Å²) in [5.74, 6) is 1.12. The van der Waals surface area contributed by atoms with Crippen molar-refractivity contribution in [2.24, 2.45) is 5.92 Å². The van der Waals surface area contributed by atoms with E-state index in [0.29, 0.717) is 6.42 Å². The fourth-order valence-electron chi connectivity index (χ4n) is 4.35. The lowest BCUT2D eigenvalue weighted by atomic mass is 9.87.